The lowest BCUT2D eigenvalue weighted by molar-refractivity contribution is 0.258. The first-order valence-electron chi connectivity index (χ1n) is 6.51. The van der Waals surface area contributed by atoms with E-state index < -0.39 is 6.03 Å². The number of methoxy groups -OCH3 is 2. The first-order valence-corrected chi connectivity index (χ1v) is 7.64. The van der Waals surface area contributed by atoms with Crippen molar-refractivity contribution in [3.8, 4) is 11.5 Å². The van der Waals surface area contributed by atoms with Crippen LogP contribution in [-0.2, 0) is 0 Å². The minimum Gasteiger partial charge on any atom is -0.495 e. The van der Waals surface area contributed by atoms with E-state index in [2.05, 4.69) is 15.3 Å². The van der Waals surface area contributed by atoms with E-state index in [-0.39, 0.29) is 26.6 Å². The summed E-state index contributed by atoms with van der Waals surface area (Å²) in [5, 5.41) is 3.20. The van der Waals surface area contributed by atoms with Crippen molar-refractivity contribution in [2.75, 3.05) is 31.5 Å². The van der Waals surface area contributed by atoms with Crippen molar-refractivity contribution in [3.05, 3.63) is 33.7 Å². The summed E-state index contributed by atoms with van der Waals surface area (Å²) in [6.45, 7) is 0. The Morgan fingerprint density at radius 3 is 2.42 bits per heavy atom. The third kappa shape index (κ3) is 3.75. The molecule has 2 rings (SSSR count). The zero-order chi connectivity index (χ0) is 17.9. The highest BCUT2D eigenvalue weighted by Crippen LogP contribution is 2.44. The highest BCUT2D eigenvalue weighted by molar-refractivity contribution is 6.40. The average molecular weight is 392 g/mol. The molecule has 0 saturated heterocycles. The molecule has 0 unspecified atom stereocenters. The molecule has 1 heterocycles. The third-order valence-corrected chi connectivity index (χ3v) is 4.00. The van der Waals surface area contributed by atoms with Gasteiger partial charge < -0.3 is 14.8 Å². The molecule has 2 aromatic rings. The van der Waals surface area contributed by atoms with Crippen LogP contribution in [0.2, 0.25) is 15.2 Å². The fourth-order valence-electron chi connectivity index (χ4n) is 1.82. The molecule has 1 aromatic heterocycles. The molecular formula is C14H13Cl3N4O3. The number of urea groups is 1. The van der Waals surface area contributed by atoms with Gasteiger partial charge in [0.15, 0.2) is 5.75 Å². The maximum absolute atomic E-state index is 12.4. The Balaban J connectivity index is 2.31. The van der Waals surface area contributed by atoms with Gasteiger partial charge in [0.1, 0.15) is 33.1 Å². The molecule has 0 aliphatic heterocycles. The second kappa shape index (κ2) is 7.74. The molecule has 0 atom stereocenters. The van der Waals surface area contributed by atoms with E-state index in [1.54, 1.807) is 0 Å². The SMILES string of the molecule is COc1cc(NC(=O)N(C)c2cc(Cl)ncn2)c(Cl)c(OC)c1Cl. The van der Waals surface area contributed by atoms with Gasteiger partial charge in [-0.25, -0.2) is 14.8 Å². The summed E-state index contributed by atoms with van der Waals surface area (Å²) in [7, 11) is 4.37. The molecule has 10 heteroatoms. The number of nitrogens with one attached hydrogen (secondary N) is 1. The van der Waals surface area contributed by atoms with Crippen LogP contribution in [-0.4, -0.2) is 37.3 Å². The average Bonchev–Trinajstić information content (AvgIpc) is 2.57. The number of ether oxygens (including phenoxy) is 2. The normalized spacial score (nSPS) is 10.2. The molecule has 0 radical (unpaired) electrons. The summed E-state index contributed by atoms with van der Waals surface area (Å²) in [5.74, 6) is 0.818. The van der Waals surface area contributed by atoms with Gasteiger partial charge in [-0.2, -0.15) is 0 Å². The van der Waals surface area contributed by atoms with Gasteiger partial charge in [-0.15, -0.1) is 0 Å². The predicted molar refractivity (Wildman–Crippen MR) is 94.0 cm³/mol. The van der Waals surface area contributed by atoms with Crippen LogP contribution < -0.4 is 19.7 Å². The molecule has 7 nitrogen and oxygen atoms in total. The summed E-state index contributed by atoms with van der Waals surface area (Å²) in [4.78, 5) is 21.4. The second-order valence-corrected chi connectivity index (χ2v) is 5.62. The number of carbonyl (C=O) groups excluding carboxylic acids is 1. The lowest BCUT2D eigenvalue weighted by Gasteiger charge is -2.19. The van der Waals surface area contributed by atoms with E-state index in [1.165, 1.54) is 44.6 Å². The van der Waals surface area contributed by atoms with Crippen LogP contribution >= 0.6 is 34.8 Å². The number of amides is 2. The quantitative estimate of drug-likeness (QED) is 0.793. The van der Waals surface area contributed by atoms with Crippen LogP contribution in [0.3, 0.4) is 0 Å². The standard InChI is InChI=1S/C14H13Cl3N4O3/c1-21(10-5-9(15)18-6-19-10)14(22)20-7-4-8(23-2)12(17)13(24-3)11(7)16/h4-6H,1-3H3,(H,20,22). The summed E-state index contributed by atoms with van der Waals surface area (Å²) in [5.41, 5.74) is 0.270. The molecule has 0 spiro atoms. The number of halogens is 3. The Morgan fingerprint density at radius 1 is 1.12 bits per heavy atom. The fourth-order valence-corrected chi connectivity index (χ4v) is 2.58. The van der Waals surface area contributed by atoms with Gasteiger partial charge in [0.05, 0.1) is 19.9 Å². The Kier molecular flexibility index (Phi) is 5.93. The van der Waals surface area contributed by atoms with Crippen LogP contribution in [0.1, 0.15) is 0 Å². The van der Waals surface area contributed by atoms with Crippen LogP contribution in [0, 0.1) is 0 Å². The lowest BCUT2D eigenvalue weighted by atomic mass is 10.2. The monoisotopic (exact) mass is 390 g/mol. The molecule has 128 valence electrons. The molecule has 0 aliphatic carbocycles. The molecule has 24 heavy (non-hydrogen) atoms. The van der Waals surface area contributed by atoms with E-state index in [4.69, 9.17) is 44.3 Å². The topological polar surface area (TPSA) is 76.6 Å². The first kappa shape index (κ1) is 18.4. The number of nitrogens with zero attached hydrogens (tertiary/aromatic N) is 3. The van der Waals surface area contributed by atoms with E-state index >= 15 is 0 Å². The lowest BCUT2D eigenvalue weighted by Crippen LogP contribution is -2.32. The zero-order valence-electron chi connectivity index (χ0n) is 12.9. The Hall–Kier alpha value is -1.96. The number of rotatable bonds is 4. The van der Waals surface area contributed by atoms with Crippen molar-refractivity contribution in [2.24, 2.45) is 0 Å². The number of carbonyl (C=O) groups is 1. The van der Waals surface area contributed by atoms with Crippen LogP contribution in [0.4, 0.5) is 16.3 Å². The smallest absolute Gasteiger partial charge is 0.327 e. The highest BCUT2D eigenvalue weighted by atomic mass is 35.5. The third-order valence-electron chi connectivity index (χ3n) is 3.06. The molecule has 0 bridgehead atoms. The fraction of sp³-hybridized carbons (Fsp3) is 0.214. The molecule has 0 saturated carbocycles. The second-order valence-electron chi connectivity index (χ2n) is 4.48. The van der Waals surface area contributed by atoms with Crippen molar-refractivity contribution in [1.82, 2.24) is 9.97 Å². The molecule has 1 N–H and O–H groups in total. The van der Waals surface area contributed by atoms with Crippen molar-refractivity contribution in [2.45, 2.75) is 0 Å². The summed E-state index contributed by atoms with van der Waals surface area (Å²) >= 11 is 18.1. The number of hydrogen-bond acceptors (Lipinski definition) is 5. The number of hydrogen-bond donors (Lipinski definition) is 1. The highest BCUT2D eigenvalue weighted by Gasteiger charge is 2.20. The maximum Gasteiger partial charge on any atom is 0.327 e. The van der Waals surface area contributed by atoms with Crippen molar-refractivity contribution < 1.29 is 14.3 Å². The van der Waals surface area contributed by atoms with Crippen molar-refractivity contribution in [3.63, 3.8) is 0 Å². The van der Waals surface area contributed by atoms with E-state index in [0.717, 1.165) is 0 Å². The van der Waals surface area contributed by atoms with Gasteiger partial charge in [0, 0.05) is 19.2 Å². The zero-order valence-corrected chi connectivity index (χ0v) is 15.2. The summed E-state index contributed by atoms with van der Waals surface area (Å²) in [6.07, 6.45) is 1.25. The Morgan fingerprint density at radius 2 is 1.83 bits per heavy atom. The van der Waals surface area contributed by atoms with Gasteiger partial charge in [-0.05, 0) is 0 Å². The van der Waals surface area contributed by atoms with Gasteiger partial charge in [-0.3, -0.25) is 4.90 Å². The molecule has 0 aliphatic rings. The summed E-state index contributed by atoms with van der Waals surface area (Å²) < 4.78 is 10.3. The number of aromatic nitrogens is 2. The molecular weight excluding hydrogens is 379 g/mol. The minimum absolute atomic E-state index is 0.144. The molecule has 1 aromatic carbocycles. The Bertz CT molecular complexity index is 773. The van der Waals surface area contributed by atoms with Gasteiger partial charge >= 0.3 is 6.03 Å². The van der Waals surface area contributed by atoms with Crippen LogP contribution in [0.25, 0.3) is 0 Å². The van der Waals surface area contributed by atoms with Gasteiger partial charge in [0.2, 0.25) is 0 Å². The number of benzene rings is 1. The van der Waals surface area contributed by atoms with Gasteiger partial charge in [-0.1, -0.05) is 34.8 Å². The van der Waals surface area contributed by atoms with Crippen LogP contribution in [0.5, 0.6) is 11.5 Å². The predicted octanol–water partition coefficient (Wildman–Crippen LogP) is 4.12. The molecule has 0 fully saturated rings. The van der Waals surface area contributed by atoms with E-state index in [0.29, 0.717) is 11.6 Å². The summed E-state index contributed by atoms with van der Waals surface area (Å²) in [6, 6.07) is 2.44. The minimum atomic E-state index is -0.502. The van der Waals surface area contributed by atoms with E-state index in [9.17, 15) is 4.79 Å². The molecule has 2 amide bonds. The first-order chi connectivity index (χ1) is 11.4. The number of anilines is 2. The van der Waals surface area contributed by atoms with Crippen LogP contribution in [0.15, 0.2) is 18.5 Å². The van der Waals surface area contributed by atoms with Crippen molar-refractivity contribution in [1.29, 1.82) is 0 Å². The van der Waals surface area contributed by atoms with Crippen molar-refractivity contribution >= 4 is 52.3 Å². The Labute approximate surface area is 153 Å². The van der Waals surface area contributed by atoms with E-state index in [1.807, 2.05) is 0 Å². The van der Waals surface area contributed by atoms with Gasteiger partial charge in [0.25, 0.3) is 0 Å². The maximum atomic E-state index is 12.4. The largest absolute Gasteiger partial charge is 0.495 e.